The van der Waals surface area contributed by atoms with Gasteiger partial charge in [-0.1, -0.05) is 32.0 Å². The third-order valence-electron chi connectivity index (χ3n) is 7.10. The van der Waals surface area contributed by atoms with Crippen LogP contribution in [0.15, 0.2) is 30.5 Å². The van der Waals surface area contributed by atoms with Crippen LogP contribution in [0.2, 0.25) is 0 Å². The van der Waals surface area contributed by atoms with E-state index in [4.69, 9.17) is 0 Å². The Morgan fingerprint density at radius 1 is 1.22 bits per heavy atom. The van der Waals surface area contributed by atoms with Crippen LogP contribution in [0.3, 0.4) is 0 Å². The molecule has 3 aromatic rings. The van der Waals surface area contributed by atoms with Gasteiger partial charge >= 0.3 is 0 Å². The zero-order valence-electron chi connectivity index (χ0n) is 19.1. The summed E-state index contributed by atoms with van der Waals surface area (Å²) in [4.78, 5) is 25.5. The topological polar surface area (TPSA) is 92.9 Å². The lowest BCUT2D eigenvalue weighted by atomic mass is 9.89. The highest BCUT2D eigenvalue weighted by atomic mass is 16.2. The lowest BCUT2D eigenvalue weighted by molar-refractivity contribution is 0.0258. The van der Waals surface area contributed by atoms with Gasteiger partial charge in [-0.15, -0.1) is 5.10 Å². The summed E-state index contributed by atoms with van der Waals surface area (Å²) >= 11 is 0. The van der Waals surface area contributed by atoms with E-state index in [1.807, 2.05) is 6.07 Å². The molecule has 3 atom stereocenters. The molecule has 1 aromatic carbocycles. The van der Waals surface area contributed by atoms with E-state index in [1.54, 1.807) is 0 Å². The summed E-state index contributed by atoms with van der Waals surface area (Å²) in [5.41, 5.74) is 2.35. The van der Waals surface area contributed by atoms with E-state index in [9.17, 15) is 4.79 Å². The van der Waals surface area contributed by atoms with Gasteiger partial charge in [-0.05, 0) is 50.3 Å². The van der Waals surface area contributed by atoms with Gasteiger partial charge in [0, 0.05) is 48.3 Å². The summed E-state index contributed by atoms with van der Waals surface area (Å²) in [6.45, 7) is 6.27. The average Bonchev–Trinajstić information content (AvgIpc) is 3.45. The number of benzene rings is 1. The van der Waals surface area contributed by atoms with Crippen molar-refractivity contribution in [3.8, 4) is 0 Å². The van der Waals surface area contributed by atoms with Crippen molar-refractivity contribution in [2.75, 3.05) is 25.0 Å². The van der Waals surface area contributed by atoms with Crippen LogP contribution in [0.5, 0.6) is 0 Å². The van der Waals surface area contributed by atoms with Crippen LogP contribution in [0.4, 0.5) is 5.95 Å². The number of carbonyl (C=O) groups excluding carboxylic acids is 1. The van der Waals surface area contributed by atoms with Crippen molar-refractivity contribution in [3.63, 3.8) is 0 Å². The molecule has 2 aromatic heterocycles. The van der Waals surface area contributed by atoms with Crippen molar-refractivity contribution in [1.29, 1.82) is 0 Å². The minimum Gasteiger partial charge on any atom is -0.361 e. The van der Waals surface area contributed by atoms with Gasteiger partial charge in [-0.2, -0.15) is 4.98 Å². The van der Waals surface area contributed by atoms with Crippen LogP contribution in [-0.2, 0) is 6.42 Å². The fraction of sp³-hybridized carbons (Fsp3) is 0.542. The number of H-pyrrole nitrogens is 2. The number of aromatic nitrogens is 4. The first kappa shape index (κ1) is 21.0. The standard InChI is InChI=1S/C24H33N7O/c1-15(2)8-9-17(10-16-12-25-21-7-5-4-6-20(16)21)26-23(32)22-27-24(29-28-22)31-13-18-11-19(14-31)30(18)3/h4-7,12,15,17-19,25H,8-11,13-14H2,1-3H3,(H,26,32)(H,27,28,29). The monoisotopic (exact) mass is 435 g/mol. The van der Waals surface area contributed by atoms with Crippen LogP contribution in [0, 0.1) is 5.92 Å². The SMILES string of the molecule is CC(C)CCC(Cc1c[nH]c2ccccc12)NC(=O)c1nc(N2CC3CC(C2)N3C)n[nH]1. The fourth-order valence-electron chi connectivity index (χ4n) is 5.04. The van der Waals surface area contributed by atoms with E-state index in [1.165, 1.54) is 17.4 Å². The summed E-state index contributed by atoms with van der Waals surface area (Å²) in [5, 5.41) is 11.6. The Bertz CT molecular complexity index is 1070. The second-order valence-electron chi connectivity index (χ2n) is 9.80. The molecule has 3 saturated heterocycles. The summed E-state index contributed by atoms with van der Waals surface area (Å²) in [6.07, 6.45) is 6.07. The molecular formula is C24H33N7O. The van der Waals surface area contributed by atoms with Gasteiger partial charge in [-0.3, -0.25) is 14.8 Å². The molecule has 6 rings (SSSR count). The Balaban J connectivity index is 1.27. The van der Waals surface area contributed by atoms with E-state index in [0.29, 0.717) is 29.8 Å². The van der Waals surface area contributed by atoms with E-state index in [2.05, 4.69) is 80.6 Å². The molecule has 0 aliphatic carbocycles. The molecule has 32 heavy (non-hydrogen) atoms. The molecule has 2 bridgehead atoms. The fourth-order valence-corrected chi connectivity index (χ4v) is 5.04. The molecule has 170 valence electrons. The molecule has 3 N–H and O–H groups in total. The number of piperidine rings is 1. The van der Waals surface area contributed by atoms with Gasteiger partial charge < -0.3 is 15.2 Å². The molecule has 8 heteroatoms. The number of fused-ring (bicyclic) bond motifs is 3. The smallest absolute Gasteiger partial charge is 0.288 e. The van der Waals surface area contributed by atoms with Crippen molar-refractivity contribution in [2.24, 2.45) is 5.92 Å². The second-order valence-corrected chi connectivity index (χ2v) is 9.80. The molecule has 3 aliphatic heterocycles. The van der Waals surface area contributed by atoms with Gasteiger partial charge in [0.05, 0.1) is 0 Å². The van der Waals surface area contributed by atoms with Crippen LogP contribution in [0.1, 0.15) is 49.3 Å². The lowest BCUT2D eigenvalue weighted by Gasteiger charge is -2.54. The van der Waals surface area contributed by atoms with Crippen molar-refractivity contribution in [3.05, 3.63) is 41.9 Å². The Hall–Kier alpha value is -2.87. The highest BCUT2D eigenvalue weighted by Crippen LogP contribution is 2.31. The molecule has 3 fully saturated rings. The number of carbonyl (C=O) groups is 1. The van der Waals surface area contributed by atoms with Gasteiger partial charge in [0.25, 0.3) is 5.91 Å². The minimum absolute atomic E-state index is 0.0361. The van der Waals surface area contributed by atoms with E-state index in [-0.39, 0.29) is 11.9 Å². The number of hydrogen-bond donors (Lipinski definition) is 3. The van der Waals surface area contributed by atoms with Crippen LogP contribution >= 0.6 is 0 Å². The number of nitrogens with zero attached hydrogens (tertiary/aromatic N) is 4. The maximum absolute atomic E-state index is 13.0. The summed E-state index contributed by atoms with van der Waals surface area (Å²) in [5.74, 6) is 1.32. The van der Waals surface area contributed by atoms with Gasteiger partial charge in [0.2, 0.25) is 11.8 Å². The molecule has 0 saturated carbocycles. The number of amides is 1. The quantitative estimate of drug-likeness (QED) is 0.506. The van der Waals surface area contributed by atoms with Crippen LogP contribution in [-0.4, -0.2) is 69.2 Å². The maximum atomic E-state index is 13.0. The Labute approximate surface area is 188 Å². The molecule has 3 aliphatic rings. The Morgan fingerprint density at radius 3 is 2.75 bits per heavy atom. The predicted octanol–water partition coefficient (Wildman–Crippen LogP) is 2.96. The zero-order valence-corrected chi connectivity index (χ0v) is 19.1. The van der Waals surface area contributed by atoms with Crippen LogP contribution < -0.4 is 10.2 Å². The normalized spacial score (nSPS) is 21.7. The average molecular weight is 436 g/mol. The van der Waals surface area contributed by atoms with Crippen molar-refractivity contribution >= 4 is 22.8 Å². The van der Waals surface area contributed by atoms with E-state index in [0.717, 1.165) is 37.9 Å². The first-order valence-corrected chi connectivity index (χ1v) is 11.7. The zero-order chi connectivity index (χ0) is 22.2. The highest BCUT2D eigenvalue weighted by molar-refractivity contribution is 5.91. The van der Waals surface area contributed by atoms with Gasteiger partial charge in [0.1, 0.15) is 0 Å². The van der Waals surface area contributed by atoms with E-state index < -0.39 is 0 Å². The molecule has 0 radical (unpaired) electrons. The molecule has 8 nitrogen and oxygen atoms in total. The first-order valence-electron chi connectivity index (χ1n) is 11.7. The number of anilines is 1. The van der Waals surface area contributed by atoms with Crippen LogP contribution in [0.25, 0.3) is 10.9 Å². The Morgan fingerprint density at radius 2 is 2.00 bits per heavy atom. The minimum atomic E-state index is -0.184. The third kappa shape index (κ3) is 4.11. The first-order chi connectivity index (χ1) is 15.5. The molecule has 5 heterocycles. The number of rotatable bonds is 8. The molecular weight excluding hydrogens is 402 g/mol. The summed E-state index contributed by atoms with van der Waals surface area (Å²) in [7, 11) is 2.18. The Kier molecular flexibility index (Phi) is 5.63. The van der Waals surface area contributed by atoms with Crippen molar-refractivity contribution < 1.29 is 4.79 Å². The second kappa shape index (κ2) is 8.58. The van der Waals surface area contributed by atoms with Crippen molar-refractivity contribution in [2.45, 2.75) is 57.7 Å². The van der Waals surface area contributed by atoms with E-state index >= 15 is 0 Å². The maximum Gasteiger partial charge on any atom is 0.288 e. The number of hydrogen-bond acceptors (Lipinski definition) is 5. The lowest BCUT2D eigenvalue weighted by Crippen LogP contribution is -2.67. The molecule has 3 unspecified atom stereocenters. The molecule has 1 amide bonds. The summed E-state index contributed by atoms with van der Waals surface area (Å²) in [6, 6.07) is 9.48. The number of aromatic amines is 2. The largest absolute Gasteiger partial charge is 0.361 e. The van der Waals surface area contributed by atoms with Gasteiger partial charge in [-0.25, -0.2) is 0 Å². The number of para-hydroxylation sites is 1. The number of piperazine rings is 1. The molecule has 0 spiro atoms. The predicted molar refractivity (Wildman–Crippen MR) is 126 cm³/mol. The summed E-state index contributed by atoms with van der Waals surface area (Å²) < 4.78 is 0. The van der Waals surface area contributed by atoms with Gasteiger partial charge in [0.15, 0.2) is 0 Å². The highest BCUT2D eigenvalue weighted by Gasteiger charge is 2.43. The number of likely N-dealkylation sites (N-methyl/N-ethyl adjacent to an activating group) is 1. The third-order valence-corrected chi connectivity index (χ3v) is 7.10. The number of nitrogens with one attached hydrogen (secondary N) is 3. The van der Waals surface area contributed by atoms with Crippen molar-refractivity contribution in [1.82, 2.24) is 30.4 Å².